The van der Waals surface area contributed by atoms with Crippen LogP contribution in [0, 0.1) is 5.92 Å². The second-order valence-corrected chi connectivity index (χ2v) is 5.54. The van der Waals surface area contributed by atoms with E-state index in [0.29, 0.717) is 17.5 Å². The number of piperidine rings is 1. The highest BCUT2D eigenvalue weighted by molar-refractivity contribution is 7.80. The molecule has 20 heavy (non-hydrogen) atoms. The molecule has 1 atom stereocenters. The molecular formula is C15H22N2O2S. The first-order valence-corrected chi connectivity index (χ1v) is 7.38. The molecule has 5 heteroatoms. The molecule has 0 amide bonds. The first-order chi connectivity index (χ1) is 9.69. The summed E-state index contributed by atoms with van der Waals surface area (Å²) in [5.41, 5.74) is 5.74. The summed E-state index contributed by atoms with van der Waals surface area (Å²) in [6.45, 7) is 3.65. The van der Waals surface area contributed by atoms with Crippen LogP contribution < -0.4 is 15.2 Å². The second-order valence-electron chi connectivity index (χ2n) is 5.07. The summed E-state index contributed by atoms with van der Waals surface area (Å²) < 4.78 is 10.9. The van der Waals surface area contributed by atoms with Gasteiger partial charge in [0.25, 0.3) is 0 Å². The summed E-state index contributed by atoms with van der Waals surface area (Å²) in [6, 6.07) is 7.65. The number of ether oxygens (including phenoxy) is 2. The Morgan fingerprint density at radius 2 is 2.05 bits per heavy atom. The van der Waals surface area contributed by atoms with Gasteiger partial charge >= 0.3 is 0 Å². The lowest BCUT2D eigenvalue weighted by Crippen LogP contribution is -2.42. The highest BCUT2D eigenvalue weighted by Gasteiger charge is 2.21. The predicted molar refractivity (Wildman–Crippen MR) is 84.4 cm³/mol. The Hall–Kier alpha value is -1.33. The van der Waals surface area contributed by atoms with Crippen molar-refractivity contribution in [3.05, 3.63) is 24.3 Å². The molecule has 1 heterocycles. The van der Waals surface area contributed by atoms with E-state index in [4.69, 9.17) is 27.4 Å². The average Bonchev–Trinajstić information content (AvgIpc) is 2.48. The molecule has 1 saturated heterocycles. The van der Waals surface area contributed by atoms with E-state index in [2.05, 4.69) is 4.90 Å². The lowest BCUT2D eigenvalue weighted by molar-refractivity contribution is 0.168. The molecule has 110 valence electrons. The molecular weight excluding hydrogens is 272 g/mol. The van der Waals surface area contributed by atoms with Crippen molar-refractivity contribution in [3.8, 4) is 11.5 Å². The molecule has 1 aromatic carbocycles. The van der Waals surface area contributed by atoms with Gasteiger partial charge in [0.05, 0.1) is 12.1 Å². The Balaban J connectivity index is 1.73. The number of nitrogens with zero attached hydrogens (tertiary/aromatic N) is 1. The molecule has 2 rings (SSSR count). The lowest BCUT2D eigenvalue weighted by atomic mass is 9.98. The van der Waals surface area contributed by atoms with E-state index < -0.39 is 0 Å². The third-order valence-electron chi connectivity index (χ3n) is 3.64. The number of methoxy groups -OCH3 is 1. The molecule has 0 aromatic heterocycles. The van der Waals surface area contributed by atoms with Crippen molar-refractivity contribution >= 4 is 17.2 Å². The molecule has 1 unspecified atom stereocenters. The van der Waals surface area contributed by atoms with E-state index in [1.165, 1.54) is 0 Å². The van der Waals surface area contributed by atoms with Crippen LogP contribution in [0.1, 0.15) is 12.8 Å². The monoisotopic (exact) mass is 294 g/mol. The SMILES string of the molecule is COc1ccc(OCCN2CCCC(C(N)=S)C2)cc1. The van der Waals surface area contributed by atoms with Crippen LogP contribution in [-0.2, 0) is 0 Å². The molecule has 2 N–H and O–H groups in total. The van der Waals surface area contributed by atoms with Gasteiger partial charge in [-0.1, -0.05) is 12.2 Å². The van der Waals surface area contributed by atoms with Gasteiger partial charge in [-0.15, -0.1) is 0 Å². The minimum absolute atomic E-state index is 0.361. The van der Waals surface area contributed by atoms with Crippen LogP contribution in [0.15, 0.2) is 24.3 Å². The summed E-state index contributed by atoms with van der Waals surface area (Å²) in [7, 11) is 1.66. The zero-order chi connectivity index (χ0) is 14.4. The van der Waals surface area contributed by atoms with Gasteiger partial charge in [0.1, 0.15) is 18.1 Å². The van der Waals surface area contributed by atoms with Crippen LogP contribution in [0.3, 0.4) is 0 Å². The van der Waals surface area contributed by atoms with Gasteiger partial charge < -0.3 is 15.2 Å². The number of nitrogens with two attached hydrogens (primary N) is 1. The van der Waals surface area contributed by atoms with Gasteiger partial charge in [-0.3, -0.25) is 4.90 Å². The minimum Gasteiger partial charge on any atom is -0.497 e. The van der Waals surface area contributed by atoms with Crippen LogP contribution in [0.2, 0.25) is 0 Å². The van der Waals surface area contributed by atoms with Crippen LogP contribution in [0.5, 0.6) is 11.5 Å². The number of thiocarbonyl (C=S) groups is 1. The van der Waals surface area contributed by atoms with E-state index in [1.807, 2.05) is 24.3 Å². The third kappa shape index (κ3) is 4.35. The van der Waals surface area contributed by atoms with Crippen molar-refractivity contribution in [2.75, 3.05) is 33.4 Å². The maximum absolute atomic E-state index is 5.74. The zero-order valence-electron chi connectivity index (χ0n) is 11.9. The van der Waals surface area contributed by atoms with Crippen LogP contribution >= 0.6 is 12.2 Å². The van der Waals surface area contributed by atoms with Crippen molar-refractivity contribution in [1.82, 2.24) is 4.90 Å². The molecule has 0 radical (unpaired) electrons. The second kappa shape index (κ2) is 7.45. The fraction of sp³-hybridized carbons (Fsp3) is 0.533. The van der Waals surface area contributed by atoms with Crippen molar-refractivity contribution in [2.24, 2.45) is 11.7 Å². The molecule has 1 aromatic rings. The summed E-state index contributed by atoms with van der Waals surface area (Å²) in [6.07, 6.45) is 2.27. The van der Waals surface area contributed by atoms with Gasteiger partial charge in [-0.2, -0.15) is 0 Å². The maximum atomic E-state index is 5.74. The predicted octanol–water partition coefficient (Wildman–Crippen LogP) is 2.07. The Kier molecular flexibility index (Phi) is 5.61. The molecule has 4 nitrogen and oxygen atoms in total. The molecule has 1 fully saturated rings. The summed E-state index contributed by atoms with van der Waals surface area (Å²) in [4.78, 5) is 3.02. The van der Waals surface area contributed by atoms with E-state index in [1.54, 1.807) is 7.11 Å². The molecule has 0 spiro atoms. The number of likely N-dealkylation sites (tertiary alicyclic amines) is 1. The fourth-order valence-electron chi connectivity index (χ4n) is 2.46. The largest absolute Gasteiger partial charge is 0.497 e. The normalized spacial score (nSPS) is 19.6. The summed E-state index contributed by atoms with van der Waals surface area (Å²) >= 11 is 5.09. The van der Waals surface area contributed by atoms with E-state index >= 15 is 0 Å². The Morgan fingerprint density at radius 3 is 2.70 bits per heavy atom. The van der Waals surface area contributed by atoms with Gasteiger partial charge in [-0.25, -0.2) is 0 Å². The van der Waals surface area contributed by atoms with E-state index in [9.17, 15) is 0 Å². The zero-order valence-corrected chi connectivity index (χ0v) is 12.7. The molecule has 1 aliphatic heterocycles. The highest BCUT2D eigenvalue weighted by Crippen LogP contribution is 2.18. The first-order valence-electron chi connectivity index (χ1n) is 6.97. The average molecular weight is 294 g/mol. The van der Waals surface area contributed by atoms with Crippen molar-refractivity contribution in [1.29, 1.82) is 0 Å². The molecule has 0 saturated carbocycles. The minimum atomic E-state index is 0.361. The van der Waals surface area contributed by atoms with Crippen LogP contribution in [0.4, 0.5) is 0 Å². The summed E-state index contributed by atoms with van der Waals surface area (Å²) in [5, 5.41) is 0. The van der Waals surface area contributed by atoms with Gasteiger partial charge in [0.2, 0.25) is 0 Å². The Bertz CT molecular complexity index is 436. The van der Waals surface area contributed by atoms with E-state index in [-0.39, 0.29) is 0 Å². The smallest absolute Gasteiger partial charge is 0.119 e. The topological polar surface area (TPSA) is 47.7 Å². The number of hydrogen-bond acceptors (Lipinski definition) is 4. The third-order valence-corrected chi connectivity index (χ3v) is 3.98. The van der Waals surface area contributed by atoms with Crippen molar-refractivity contribution in [2.45, 2.75) is 12.8 Å². The molecule has 1 aliphatic rings. The Morgan fingerprint density at radius 1 is 1.35 bits per heavy atom. The van der Waals surface area contributed by atoms with Crippen molar-refractivity contribution in [3.63, 3.8) is 0 Å². The Labute approximate surface area is 125 Å². The van der Waals surface area contributed by atoms with Crippen LogP contribution in [-0.4, -0.2) is 43.2 Å². The maximum Gasteiger partial charge on any atom is 0.119 e. The van der Waals surface area contributed by atoms with Crippen molar-refractivity contribution < 1.29 is 9.47 Å². The number of rotatable bonds is 6. The van der Waals surface area contributed by atoms with E-state index in [0.717, 1.165) is 44.0 Å². The molecule has 0 aliphatic carbocycles. The first kappa shape index (κ1) is 15.1. The fourth-order valence-corrected chi connectivity index (χ4v) is 2.65. The standard InChI is InChI=1S/C15H22N2O2S/c1-18-13-4-6-14(7-5-13)19-10-9-17-8-2-3-12(11-17)15(16)20/h4-7,12H,2-3,8-11H2,1H3,(H2,16,20). The van der Waals surface area contributed by atoms with Crippen LogP contribution in [0.25, 0.3) is 0 Å². The number of hydrogen-bond donors (Lipinski definition) is 1. The quantitative estimate of drug-likeness (QED) is 0.814. The van der Waals surface area contributed by atoms with Gasteiger partial charge in [0.15, 0.2) is 0 Å². The van der Waals surface area contributed by atoms with Gasteiger partial charge in [0, 0.05) is 19.0 Å². The number of benzene rings is 1. The van der Waals surface area contributed by atoms with Gasteiger partial charge in [-0.05, 0) is 43.7 Å². The molecule has 0 bridgehead atoms. The summed E-state index contributed by atoms with van der Waals surface area (Å²) in [5.74, 6) is 2.07. The highest BCUT2D eigenvalue weighted by atomic mass is 32.1. The lowest BCUT2D eigenvalue weighted by Gasteiger charge is -2.31.